The van der Waals surface area contributed by atoms with Gasteiger partial charge < -0.3 is 14.6 Å². The number of carboxylic acids is 1. The highest BCUT2D eigenvalue weighted by molar-refractivity contribution is 9.10. The van der Waals surface area contributed by atoms with Gasteiger partial charge in [-0.1, -0.05) is 15.9 Å². The normalized spacial score (nSPS) is 10.2. The first-order chi connectivity index (χ1) is 10.1. The third-order valence-electron chi connectivity index (χ3n) is 2.62. The fraction of sp³-hybridized carbons (Fsp3) is 0.200. The number of carbonyl (C=O) groups is 1. The number of ether oxygens (including phenoxy) is 2. The lowest BCUT2D eigenvalue weighted by Crippen LogP contribution is -2.12. The van der Waals surface area contributed by atoms with Gasteiger partial charge in [-0.2, -0.15) is 0 Å². The molecule has 5 nitrogen and oxygen atoms in total. The Morgan fingerprint density at radius 3 is 2.48 bits per heavy atom. The van der Waals surface area contributed by atoms with Crippen molar-refractivity contribution in [3.63, 3.8) is 0 Å². The van der Waals surface area contributed by atoms with Crippen molar-refractivity contribution in [3.05, 3.63) is 52.3 Å². The van der Waals surface area contributed by atoms with E-state index in [1.165, 1.54) is 0 Å². The lowest BCUT2D eigenvalue weighted by molar-refractivity contribution is 0.0684. The maximum absolute atomic E-state index is 11.1. The molecule has 0 aliphatic carbocycles. The number of hydrogen-bond donors (Lipinski definition) is 1. The second-order valence-electron chi connectivity index (χ2n) is 4.26. The van der Waals surface area contributed by atoms with Crippen LogP contribution in [0.15, 0.2) is 40.9 Å². The van der Waals surface area contributed by atoms with E-state index in [1.807, 2.05) is 24.3 Å². The van der Waals surface area contributed by atoms with Gasteiger partial charge in [-0.3, -0.25) is 0 Å². The maximum atomic E-state index is 11.1. The average molecular weight is 352 g/mol. The van der Waals surface area contributed by atoms with Crippen molar-refractivity contribution in [2.24, 2.45) is 0 Å². The monoisotopic (exact) mass is 351 g/mol. The van der Waals surface area contributed by atoms with Gasteiger partial charge in [0.25, 0.3) is 0 Å². The molecule has 1 N–H and O–H groups in total. The number of benzene rings is 1. The molecule has 2 aromatic rings. The largest absolute Gasteiger partial charge is 0.490 e. The van der Waals surface area contributed by atoms with Crippen molar-refractivity contribution in [3.8, 4) is 11.5 Å². The number of hydrogen-bond acceptors (Lipinski definition) is 4. The standard InChI is InChI=1S/C15H14BrNO4/c1-10-2-7-13(14(17-10)15(18)19)21-9-8-20-12-5-3-11(16)4-6-12/h2-7H,8-9H2,1H3,(H,18,19). The van der Waals surface area contributed by atoms with Crippen molar-refractivity contribution >= 4 is 21.9 Å². The quantitative estimate of drug-likeness (QED) is 0.808. The highest BCUT2D eigenvalue weighted by Crippen LogP contribution is 2.18. The Labute approximate surface area is 130 Å². The zero-order valence-corrected chi connectivity index (χ0v) is 13.0. The van der Waals surface area contributed by atoms with Crippen LogP contribution in [0.3, 0.4) is 0 Å². The molecule has 0 radical (unpaired) electrons. The summed E-state index contributed by atoms with van der Waals surface area (Å²) >= 11 is 3.34. The molecule has 0 aliphatic rings. The van der Waals surface area contributed by atoms with E-state index in [1.54, 1.807) is 19.1 Å². The van der Waals surface area contributed by atoms with Gasteiger partial charge in [-0.05, 0) is 43.3 Å². The van der Waals surface area contributed by atoms with Gasteiger partial charge in [0.15, 0.2) is 11.4 Å². The topological polar surface area (TPSA) is 68.7 Å². The van der Waals surface area contributed by atoms with Crippen molar-refractivity contribution < 1.29 is 19.4 Å². The van der Waals surface area contributed by atoms with Crippen molar-refractivity contribution in [1.82, 2.24) is 4.98 Å². The SMILES string of the molecule is Cc1ccc(OCCOc2ccc(Br)cc2)c(C(=O)O)n1. The first kappa shape index (κ1) is 15.3. The second-order valence-corrected chi connectivity index (χ2v) is 5.17. The van der Waals surface area contributed by atoms with Gasteiger partial charge in [-0.15, -0.1) is 0 Å². The lowest BCUT2D eigenvalue weighted by Gasteiger charge is -2.10. The Balaban J connectivity index is 1.89. The minimum absolute atomic E-state index is 0.0846. The second kappa shape index (κ2) is 7.08. The van der Waals surface area contributed by atoms with E-state index in [-0.39, 0.29) is 18.1 Å². The van der Waals surface area contributed by atoms with E-state index < -0.39 is 5.97 Å². The van der Waals surface area contributed by atoms with Crippen LogP contribution in [0.25, 0.3) is 0 Å². The molecule has 1 aromatic carbocycles. The van der Waals surface area contributed by atoms with E-state index in [4.69, 9.17) is 14.6 Å². The first-order valence-corrected chi connectivity index (χ1v) is 7.07. The highest BCUT2D eigenvalue weighted by atomic mass is 79.9. The van der Waals surface area contributed by atoms with Crippen molar-refractivity contribution in [2.45, 2.75) is 6.92 Å². The van der Waals surface area contributed by atoms with Gasteiger partial charge >= 0.3 is 5.97 Å². The van der Waals surface area contributed by atoms with Crippen LogP contribution < -0.4 is 9.47 Å². The number of nitrogens with zero attached hydrogens (tertiary/aromatic N) is 1. The molecule has 0 amide bonds. The van der Waals surface area contributed by atoms with Crippen LogP contribution in [0, 0.1) is 6.92 Å². The average Bonchev–Trinajstić information content (AvgIpc) is 2.46. The first-order valence-electron chi connectivity index (χ1n) is 6.28. The molecule has 0 bridgehead atoms. The van der Waals surface area contributed by atoms with Gasteiger partial charge in [0.1, 0.15) is 19.0 Å². The zero-order valence-electron chi connectivity index (χ0n) is 11.4. The Hall–Kier alpha value is -2.08. The van der Waals surface area contributed by atoms with E-state index >= 15 is 0 Å². The van der Waals surface area contributed by atoms with Crippen LogP contribution in [0.1, 0.15) is 16.2 Å². The summed E-state index contributed by atoms with van der Waals surface area (Å²) in [5.41, 5.74) is 0.546. The van der Waals surface area contributed by atoms with Crippen LogP contribution in [-0.2, 0) is 0 Å². The molecule has 6 heteroatoms. The molecule has 21 heavy (non-hydrogen) atoms. The van der Waals surface area contributed by atoms with Crippen LogP contribution >= 0.6 is 15.9 Å². The van der Waals surface area contributed by atoms with Crippen LogP contribution in [-0.4, -0.2) is 29.3 Å². The summed E-state index contributed by atoms with van der Waals surface area (Å²) in [5.74, 6) is -0.141. The molecule has 2 rings (SSSR count). The Kier molecular flexibility index (Phi) is 5.16. The molecule has 0 fully saturated rings. The molecule has 110 valence electrons. The molecular formula is C15H14BrNO4. The Morgan fingerprint density at radius 2 is 1.81 bits per heavy atom. The fourth-order valence-electron chi connectivity index (χ4n) is 1.66. The third-order valence-corrected chi connectivity index (χ3v) is 3.15. The molecular weight excluding hydrogens is 338 g/mol. The van der Waals surface area contributed by atoms with E-state index in [0.717, 1.165) is 10.2 Å². The van der Waals surface area contributed by atoms with Gasteiger partial charge in [0, 0.05) is 10.2 Å². The molecule has 0 unspecified atom stereocenters. The molecule has 0 aliphatic heterocycles. The molecule has 0 spiro atoms. The minimum atomic E-state index is -1.11. The molecule has 1 heterocycles. The molecule has 0 saturated carbocycles. The summed E-state index contributed by atoms with van der Waals surface area (Å²) in [7, 11) is 0. The summed E-state index contributed by atoms with van der Waals surface area (Å²) < 4.78 is 11.9. The Bertz CT molecular complexity index is 628. The summed E-state index contributed by atoms with van der Waals surface area (Å²) in [6, 6.07) is 10.7. The highest BCUT2D eigenvalue weighted by Gasteiger charge is 2.13. The predicted molar refractivity (Wildman–Crippen MR) is 81.1 cm³/mol. The predicted octanol–water partition coefficient (Wildman–Crippen LogP) is 3.31. The Morgan fingerprint density at radius 1 is 1.14 bits per heavy atom. The van der Waals surface area contributed by atoms with Crippen LogP contribution in [0.4, 0.5) is 0 Å². The number of aromatic carboxylic acids is 1. The van der Waals surface area contributed by atoms with Crippen LogP contribution in [0.5, 0.6) is 11.5 Å². The minimum Gasteiger partial charge on any atom is -0.490 e. The lowest BCUT2D eigenvalue weighted by atomic mass is 10.3. The smallest absolute Gasteiger partial charge is 0.358 e. The number of halogens is 1. The molecule has 0 atom stereocenters. The van der Waals surface area contributed by atoms with Gasteiger partial charge in [0.05, 0.1) is 0 Å². The zero-order chi connectivity index (χ0) is 15.2. The number of rotatable bonds is 6. The molecule has 0 saturated heterocycles. The maximum Gasteiger partial charge on any atom is 0.358 e. The number of pyridine rings is 1. The summed E-state index contributed by atoms with van der Waals surface area (Å²) in [4.78, 5) is 15.0. The van der Waals surface area contributed by atoms with E-state index in [2.05, 4.69) is 20.9 Å². The number of aromatic nitrogens is 1. The number of aryl methyl sites for hydroxylation is 1. The molecule has 1 aromatic heterocycles. The van der Waals surface area contributed by atoms with E-state index in [0.29, 0.717) is 12.3 Å². The van der Waals surface area contributed by atoms with Gasteiger partial charge in [-0.25, -0.2) is 9.78 Å². The van der Waals surface area contributed by atoms with Gasteiger partial charge in [0.2, 0.25) is 0 Å². The fourth-order valence-corrected chi connectivity index (χ4v) is 1.92. The van der Waals surface area contributed by atoms with E-state index in [9.17, 15) is 4.79 Å². The number of carboxylic acid groups (broad SMARTS) is 1. The summed E-state index contributed by atoms with van der Waals surface area (Å²) in [6.45, 7) is 2.28. The van der Waals surface area contributed by atoms with Crippen molar-refractivity contribution in [1.29, 1.82) is 0 Å². The van der Waals surface area contributed by atoms with Crippen LogP contribution in [0.2, 0.25) is 0 Å². The third kappa shape index (κ3) is 4.46. The summed E-state index contributed by atoms with van der Waals surface area (Å²) in [6.07, 6.45) is 0. The summed E-state index contributed by atoms with van der Waals surface area (Å²) in [5, 5.41) is 9.07. The van der Waals surface area contributed by atoms with Crippen molar-refractivity contribution in [2.75, 3.05) is 13.2 Å².